The van der Waals surface area contributed by atoms with Crippen molar-refractivity contribution in [1.29, 1.82) is 0 Å². The van der Waals surface area contributed by atoms with E-state index in [2.05, 4.69) is 15.0 Å². The molecule has 0 unspecified atom stereocenters. The van der Waals surface area contributed by atoms with Crippen LogP contribution in [-0.4, -0.2) is 40.3 Å². The van der Waals surface area contributed by atoms with E-state index in [0.29, 0.717) is 0 Å². The summed E-state index contributed by atoms with van der Waals surface area (Å²) in [5, 5.41) is 9.34. The molecule has 2 aliphatic heterocycles. The first-order valence-corrected chi connectivity index (χ1v) is 4.89. The van der Waals surface area contributed by atoms with Gasteiger partial charge < -0.3 is 10.0 Å². The van der Waals surface area contributed by atoms with Gasteiger partial charge in [-0.15, -0.1) is 0 Å². The van der Waals surface area contributed by atoms with Crippen molar-refractivity contribution in [2.45, 2.75) is 6.42 Å². The van der Waals surface area contributed by atoms with Crippen LogP contribution >= 0.6 is 0 Å². The zero-order valence-electron chi connectivity index (χ0n) is 8.09. The molecule has 3 heterocycles. The maximum Gasteiger partial charge on any atom is 0.211 e. The number of aromatic nitrogens is 1. The van der Waals surface area contributed by atoms with Crippen molar-refractivity contribution in [1.82, 2.24) is 9.88 Å². The fraction of sp³-hybridized carbons (Fsp3) is 0.300. The Hall–Kier alpha value is -1.91. The predicted molar refractivity (Wildman–Crippen MR) is 56.8 cm³/mol. The summed E-state index contributed by atoms with van der Waals surface area (Å²) in [6, 6.07) is 1.61. The van der Waals surface area contributed by atoms with Crippen LogP contribution in [0, 0.1) is 0 Å². The van der Waals surface area contributed by atoms with E-state index >= 15 is 0 Å². The van der Waals surface area contributed by atoms with Gasteiger partial charge >= 0.3 is 0 Å². The molecule has 76 valence electrons. The van der Waals surface area contributed by atoms with Crippen molar-refractivity contribution in [3.63, 3.8) is 0 Å². The number of hydrogen-bond donors (Lipinski definition) is 1. The molecule has 1 N–H and O–H groups in total. The number of pyridine rings is 1. The molecule has 5 nitrogen and oxygen atoms in total. The summed E-state index contributed by atoms with van der Waals surface area (Å²) in [5.41, 5.74) is 1.63. The van der Waals surface area contributed by atoms with Crippen LogP contribution in [0.25, 0.3) is 0 Å². The summed E-state index contributed by atoms with van der Waals surface area (Å²) in [4.78, 5) is 14.5. The number of rotatable bonds is 0. The summed E-state index contributed by atoms with van der Waals surface area (Å²) < 4.78 is 0. The SMILES string of the molecule is Oc1cc2c(cn1)N=CN1CCCN=C21. The highest BCUT2D eigenvalue weighted by Crippen LogP contribution is 2.27. The fourth-order valence-electron chi connectivity index (χ4n) is 1.83. The third kappa shape index (κ3) is 1.27. The van der Waals surface area contributed by atoms with Crippen LogP contribution in [0.4, 0.5) is 5.69 Å². The van der Waals surface area contributed by atoms with Crippen molar-refractivity contribution in [2.24, 2.45) is 9.98 Å². The zero-order valence-corrected chi connectivity index (χ0v) is 8.09. The molecule has 0 aromatic carbocycles. The Morgan fingerprint density at radius 2 is 2.33 bits per heavy atom. The highest BCUT2D eigenvalue weighted by atomic mass is 16.3. The Balaban J connectivity index is 2.18. The van der Waals surface area contributed by atoms with Gasteiger partial charge in [-0.05, 0) is 6.42 Å². The van der Waals surface area contributed by atoms with Gasteiger partial charge in [-0.3, -0.25) is 4.99 Å². The Kier molecular flexibility index (Phi) is 1.71. The Morgan fingerprint density at radius 3 is 3.27 bits per heavy atom. The number of hydrogen-bond acceptors (Lipinski definition) is 5. The average Bonchev–Trinajstić information content (AvgIpc) is 2.29. The van der Waals surface area contributed by atoms with E-state index in [-0.39, 0.29) is 5.88 Å². The molecular formula is C10H10N4O. The van der Waals surface area contributed by atoms with Gasteiger partial charge in [-0.25, -0.2) is 9.98 Å². The molecule has 15 heavy (non-hydrogen) atoms. The summed E-state index contributed by atoms with van der Waals surface area (Å²) >= 11 is 0. The lowest BCUT2D eigenvalue weighted by molar-refractivity contribution is 0.453. The van der Waals surface area contributed by atoms with Crippen LogP contribution in [0.1, 0.15) is 12.0 Å². The van der Waals surface area contributed by atoms with Crippen molar-refractivity contribution in [3.8, 4) is 5.88 Å². The van der Waals surface area contributed by atoms with Crippen LogP contribution in [0.2, 0.25) is 0 Å². The molecule has 0 saturated carbocycles. The van der Waals surface area contributed by atoms with Crippen LogP contribution < -0.4 is 0 Å². The van der Waals surface area contributed by atoms with Gasteiger partial charge in [0, 0.05) is 24.7 Å². The molecule has 1 aromatic heterocycles. The van der Waals surface area contributed by atoms with Crippen LogP contribution in [0.15, 0.2) is 22.2 Å². The van der Waals surface area contributed by atoms with Gasteiger partial charge in [0.25, 0.3) is 0 Å². The summed E-state index contributed by atoms with van der Waals surface area (Å²) in [7, 11) is 0. The molecule has 3 rings (SSSR count). The molecule has 0 amide bonds. The second-order valence-corrected chi connectivity index (χ2v) is 3.56. The summed E-state index contributed by atoms with van der Waals surface area (Å²) in [6.07, 6.45) is 4.39. The van der Waals surface area contributed by atoms with Gasteiger partial charge in [0.15, 0.2) is 0 Å². The van der Waals surface area contributed by atoms with Crippen molar-refractivity contribution in [2.75, 3.05) is 13.1 Å². The molecule has 0 saturated heterocycles. The van der Waals surface area contributed by atoms with E-state index in [1.807, 2.05) is 4.90 Å². The summed E-state index contributed by atoms with van der Waals surface area (Å²) in [5.74, 6) is 0.906. The number of fused-ring (bicyclic) bond motifs is 3. The normalized spacial score (nSPS) is 18.1. The number of aliphatic imine (C=N–C) groups is 2. The van der Waals surface area contributed by atoms with E-state index in [4.69, 9.17) is 0 Å². The lowest BCUT2D eigenvalue weighted by Gasteiger charge is -2.28. The second-order valence-electron chi connectivity index (χ2n) is 3.56. The third-order valence-corrected chi connectivity index (χ3v) is 2.54. The quantitative estimate of drug-likeness (QED) is 0.680. The highest BCUT2D eigenvalue weighted by molar-refractivity contribution is 6.10. The summed E-state index contributed by atoms with van der Waals surface area (Å²) in [6.45, 7) is 1.77. The standard InChI is InChI=1S/C10H10N4O/c15-9-4-7-8(5-12-9)13-6-14-3-1-2-11-10(7)14/h4-6H,1-3H2,(H,12,15). The largest absolute Gasteiger partial charge is 0.493 e. The van der Waals surface area contributed by atoms with E-state index in [0.717, 1.165) is 36.6 Å². The first kappa shape index (κ1) is 8.40. The molecule has 5 heteroatoms. The smallest absolute Gasteiger partial charge is 0.211 e. The molecular weight excluding hydrogens is 192 g/mol. The maximum absolute atomic E-state index is 9.34. The van der Waals surface area contributed by atoms with Gasteiger partial charge in [0.05, 0.1) is 18.2 Å². The lowest BCUT2D eigenvalue weighted by Crippen LogP contribution is -2.37. The number of nitrogens with zero attached hydrogens (tertiary/aromatic N) is 4. The minimum atomic E-state index is 0.0130. The molecule has 1 aromatic rings. The number of amidine groups is 1. The Labute approximate surface area is 86.8 Å². The van der Waals surface area contributed by atoms with E-state index in [1.165, 1.54) is 0 Å². The predicted octanol–water partition coefficient (Wildman–Crippen LogP) is 0.913. The molecule has 0 spiro atoms. The van der Waals surface area contributed by atoms with Gasteiger partial charge in [-0.1, -0.05) is 0 Å². The molecule has 0 bridgehead atoms. The highest BCUT2D eigenvalue weighted by Gasteiger charge is 2.22. The van der Waals surface area contributed by atoms with Crippen molar-refractivity contribution >= 4 is 17.9 Å². The third-order valence-electron chi connectivity index (χ3n) is 2.54. The zero-order chi connectivity index (χ0) is 10.3. The molecule has 2 aliphatic rings. The maximum atomic E-state index is 9.34. The molecule has 0 radical (unpaired) electrons. The molecule has 0 fully saturated rings. The minimum absolute atomic E-state index is 0.0130. The van der Waals surface area contributed by atoms with Gasteiger partial charge in [-0.2, -0.15) is 0 Å². The second kappa shape index (κ2) is 3.05. The lowest BCUT2D eigenvalue weighted by atomic mass is 10.1. The first-order chi connectivity index (χ1) is 7.34. The fourth-order valence-corrected chi connectivity index (χ4v) is 1.83. The van der Waals surface area contributed by atoms with E-state index in [9.17, 15) is 5.11 Å². The van der Waals surface area contributed by atoms with Crippen molar-refractivity contribution < 1.29 is 5.11 Å². The van der Waals surface area contributed by atoms with Crippen LogP contribution in [-0.2, 0) is 0 Å². The first-order valence-electron chi connectivity index (χ1n) is 4.89. The monoisotopic (exact) mass is 202 g/mol. The van der Waals surface area contributed by atoms with Crippen LogP contribution in [0.5, 0.6) is 5.88 Å². The topological polar surface area (TPSA) is 61.1 Å². The Morgan fingerprint density at radius 1 is 1.40 bits per heavy atom. The van der Waals surface area contributed by atoms with Gasteiger partial charge in [0.2, 0.25) is 5.88 Å². The van der Waals surface area contributed by atoms with Crippen molar-refractivity contribution in [3.05, 3.63) is 17.8 Å². The minimum Gasteiger partial charge on any atom is -0.493 e. The van der Waals surface area contributed by atoms with Crippen LogP contribution in [0.3, 0.4) is 0 Å². The van der Waals surface area contributed by atoms with E-state index < -0.39 is 0 Å². The van der Waals surface area contributed by atoms with Gasteiger partial charge in [0.1, 0.15) is 5.84 Å². The Bertz CT molecular complexity index is 466. The van der Waals surface area contributed by atoms with E-state index in [1.54, 1.807) is 18.6 Å². The molecule has 0 aliphatic carbocycles. The number of aromatic hydroxyl groups is 1. The average molecular weight is 202 g/mol. The molecule has 0 atom stereocenters.